The van der Waals surface area contributed by atoms with Crippen molar-refractivity contribution in [3.8, 4) is 0 Å². The predicted octanol–water partition coefficient (Wildman–Crippen LogP) is 1.62. The first-order valence-electron chi connectivity index (χ1n) is 13.0. The van der Waals surface area contributed by atoms with E-state index in [9.17, 15) is 19.8 Å². The summed E-state index contributed by atoms with van der Waals surface area (Å²) >= 11 is 0. The maximum Gasteiger partial charge on any atom is 0.312 e. The molecule has 0 saturated carbocycles. The maximum absolute atomic E-state index is 13.3. The molecule has 2 aliphatic rings. The fourth-order valence-corrected chi connectivity index (χ4v) is 5.12. The molecule has 1 spiro atoms. The highest BCUT2D eigenvalue weighted by molar-refractivity contribution is 5.94. The summed E-state index contributed by atoms with van der Waals surface area (Å²) in [6.45, 7) is 2.69. The SMILES string of the molecule is Nc1ccc(C(=O)N2CCCCC3(CCN(Cc4ccccn4)CC3)C(=O)OC[C@@H](O)[C@@H](O)CC2)cn1. The molecule has 37 heavy (non-hydrogen) atoms. The van der Waals surface area contributed by atoms with E-state index < -0.39 is 17.6 Å². The summed E-state index contributed by atoms with van der Waals surface area (Å²) in [4.78, 5) is 38.8. The summed E-state index contributed by atoms with van der Waals surface area (Å²) < 4.78 is 5.56. The molecule has 4 heterocycles. The van der Waals surface area contributed by atoms with Gasteiger partial charge in [0, 0.05) is 32.0 Å². The van der Waals surface area contributed by atoms with Gasteiger partial charge in [-0.1, -0.05) is 12.5 Å². The molecule has 4 N–H and O–H groups in total. The number of likely N-dealkylation sites (tertiary alicyclic amines) is 1. The van der Waals surface area contributed by atoms with E-state index in [1.54, 1.807) is 23.2 Å². The lowest BCUT2D eigenvalue weighted by molar-refractivity contribution is -0.165. The van der Waals surface area contributed by atoms with Crippen LogP contribution in [0.25, 0.3) is 0 Å². The Balaban J connectivity index is 1.43. The van der Waals surface area contributed by atoms with Crippen LogP contribution in [-0.4, -0.2) is 86.9 Å². The molecule has 2 atom stereocenters. The first-order chi connectivity index (χ1) is 17.9. The fourth-order valence-electron chi connectivity index (χ4n) is 5.12. The van der Waals surface area contributed by atoms with E-state index in [-0.39, 0.29) is 31.4 Å². The van der Waals surface area contributed by atoms with Gasteiger partial charge in [-0.15, -0.1) is 0 Å². The first-order valence-corrected chi connectivity index (χ1v) is 13.0. The molecule has 2 aliphatic heterocycles. The summed E-state index contributed by atoms with van der Waals surface area (Å²) in [5, 5.41) is 20.9. The van der Waals surface area contributed by atoms with Crippen LogP contribution in [0.15, 0.2) is 42.7 Å². The second-order valence-electron chi connectivity index (χ2n) is 10.1. The lowest BCUT2D eigenvalue weighted by Crippen LogP contribution is -2.46. The van der Waals surface area contributed by atoms with E-state index in [2.05, 4.69) is 14.9 Å². The summed E-state index contributed by atoms with van der Waals surface area (Å²) in [5.41, 5.74) is 6.42. The van der Waals surface area contributed by atoms with Gasteiger partial charge in [-0.05, 0) is 69.5 Å². The molecule has 2 aromatic heterocycles. The normalized spacial score (nSPS) is 23.9. The molecule has 10 heteroatoms. The van der Waals surface area contributed by atoms with Gasteiger partial charge in [-0.2, -0.15) is 0 Å². The van der Waals surface area contributed by atoms with E-state index in [4.69, 9.17) is 10.5 Å². The average molecular weight is 512 g/mol. The van der Waals surface area contributed by atoms with E-state index in [0.29, 0.717) is 43.6 Å². The van der Waals surface area contributed by atoms with Crippen LogP contribution >= 0.6 is 0 Å². The number of ether oxygens (including phenoxy) is 1. The van der Waals surface area contributed by atoms with Gasteiger partial charge in [0.2, 0.25) is 0 Å². The molecular weight excluding hydrogens is 474 g/mol. The number of aliphatic hydroxyl groups is 2. The number of hydrogen-bond acceptors (Lipinski definition) is 9. The van der Waals surface area contributed by atoms with Crippen molar-refractivity contribution in [2.75, 3.05) is 38.5 Å². The van der Waals surface area contributed by atoms with Crippen LogP contribution < -0.4 is 5.73 Å². The Bertz CT molecular complexity index is 1030. The van der Waals surface area contributed by atoms with Crippen LogP contribution in [0.4, 0.5) is 5.82 Å². The van der Waals surface area contributed by atoms with Crippen LogP contribution in [0, 0.1) is 5.41 Å². The van der Waals surface area contributed by atoms with Gasteiger partial charge in [0.25, 0.3) is 5.91 Å². The van der Waals surface area contributed by atoms with Crippen LogP contribution in [0.5, 0.6) is 0 Å². The number of nitrogen functional groups attached to an aromatic ring is 1. The fraction of sp³-hybridized carbons (Fsp3) is 0.556. The maximum atomic E-state index is 13.3. The highest BCUT2D eigenvalue weighted by Gasteiger charge is 2.42. The van der Waals surface area contributed by atoms with Crippen LogP contribution in [0.2, 0.25) is 0 Å². The molecule has 4 rings (SSSR count). The molecule has 200 valence electrons. The van der Waals surface area contributed by atoms with Gasteiger partial charge in [0.1, 0.15) is 18.5 Å². The third kappa shape index (κ3) is 7.03. The second kappa shape index (κ2) is 12.4. The Morgan fingerprint density at radius 3 is 2.54 bits per heavy atom. The number of amides is 1. The lowest BCUT2D eigenvalue weighted by atomic mass is 9.74. The molecule has 2 saturated heterocycles. The molecule has 0 aromatic carbocycles. The van der Waals surface area contributed by atoms with E-state index in [1.165, 1.54) is 6.20 Å². The Morgan fingerprint density at radius 2 is 1.84 bits per heavy atom. The number of piperidine rings is 1. The van der Waals surface area contributed by atoms with Gasteiger partial charge in [-0.3, -0.25) is 19.5 Å². The number of cyclic esters (lactones) is 1. The minimum absolute atomic E-state index is 0.167. The van der Waals surface area contributed by atoms with Crippen molar-refractivity contribution in [3.05, 3.63) is 54.0 Å². The summed E-state index contributed by atoms with van der Waals surface area (Å²) in [6.07, 6.45) is 4.46. The van der Waals surface area contributed by atoms with Crippen LogP contribution in [0.1, 0.15) is 54.6 Å². The number of aliphatic hydroxyl groups excluding tert-OH is 2. The zero-order valence-corrected chi connectivity index (χ0v) is 21.2. The van der Waals surface area contributed by atoms with Gasteiger partial charge < -0.3 is 25.6 Å². The summed E-state index contributed by atoms with van der Waals surface area (Å²) in [7, 11) is 0. The van der Waals surface area contributed by atoms with Gasteiger partial charge >= 0.3 is 5.97 Å². The number of aromatic nitrogens is 2. The molecule has 1 amide bonds. The van der Waals surface area contributed by atoms with Crippen molar-refractivity contribution < 1.29 is 24.5 Å². The van der Waals surface area contributed by atoms with Gasteiger partial charge in [0.15, 0.2) is 0 Å². The van der Waals surface area contributed by atoms with Gasteiger partial charge in [0.05, 0.1) is 22.8 Å². The van der Waals surface area contributed by atoms with Crippen LogP contribution in [0.3, 0.4) is 0 Å². The van der Waals surface area contributed by atoms with E-state index in [0.717, 1.165) is 31.7 Å². The van der Waals surface area contributed by atoms with Crippen molar-refractivity contribution in [2.45, 2.75) is 57.3 Å². The van der Waals surface area contributed by atoms with Crippen molar-refractivity contribution in [3.63, 3.8) is 0 Å². The number of anilines is 1. The van der Waals surface area contributed by atoms with Crippen molar-refractivity contribution in [1.29, 1.82) is 0 Å². The standard InChI is InChI=1S/C27H37N5O5/c28-24-7-6-20(17-30-24)25(35)32-13-4-2-9-27(26(36)37-19-23(34)22(33)8-14-32)10-15-31(16-11-27)18-21-5-1-3-12-29-21/h1,3,5-7,12,17,22-23,33-34H,2,4,8-11,13-16,18-19H2,(H2,28,30)/t22-,23+/m0/s1. The first kappa shape index (κ1) is 27.0. The lowest BCUT2D eigenvalue weighted by Gasteiger charge is -2.40. The molecular formula is C27H37N5O5. The minimum Gasteiger partial charge on any atom is -0.462 e. The molecule has 10 nitrogen and oxygen atoms in total. The highest BCUT2D eigenvalue weighted by Crippen LogP contribution is 2.38. The van der Waals surface area contributed by atoms with Crippen molar-refractivity contribution in [1.82, 2.24) is 19.8 Å². The largest absolute Gasteiger partial charge is 0.462 e. The number of nitrogens with two attached hydrogens (primary N) is 1. The van der Waals surface area contributed by atoms with E-state index >= 15 is 0 Å². The van der Waals surface area contributed by atoms with Gasteiger partial charge in [-0.25, -0.2) is 4.98 Å². The second-order valence-corrected chi connectivity index (χ2v) is 10.1. The molecule has 0 aliphatic carbocycles. The monoisotopic (exact) mass is 511 g/mol. The Morgan fingerprint density at radius 1 is 1.03 bits per heavy atom. The Labute approximate surface area is 217 Å². The highest BCUT2D eigenvalue weighted by atomic mass is 16.5. The molecule has 0 bridgehead atoms. The number of nitrogens with zero attached hydrogens (tertiary/aromatic N) is 4. The average Bonchev–Trinajstić information content (AvgIpc) is 2.92. The predicted molar refractivity (Wildman–Crippen MR) is 137 cm³/mol. The molecule has 2 aromatic rings. The van der Waals surface area contributed by atoms with E-state index in [1.807, 2.05) is 18.2 Å². The topological polar surface area (TPSA) is 142 Å². The molecule has 2 fully saturated rings. The third-order valence-electron chi connectivity index (χ3n) is 7.54. The summed E-state index contributed by atoms with van der Waals surface area (Å²) in [6, 6.07) is 9.08. The Hall–Kier alpha value is -3.08. The Kier molecular flexibility index (Phi) is 9.07. The number of carbonyl (C=O) groups is 2. The quantitative estimate of drug-likeness (QED) is 0.524. The van der Waals surface area contributed by atoms with Crippen molar-refractivity contribution in [2.24, 2.45) is 5.41 Å². The van der Waals surface area contributed by atoms with Crippen LogP contribution in [-0.2, 0) is 16.1 Å². The third-order valence-corrected chi connectivity index (χ3v) is 7.54. The minimum atomic E-state index is -1.22. The molecule has 0 radical (unpaired) electrons. The zero-order chi connectivity index (χ0) is 26.3. The molecule has 0 unspecified atom stereocenters. The smallest absolute Gasteiger partial charge is 0.312 e. The zero-order valence-electron chi connectivity index (χ0n) is 21.2. The number of pyridine rings is 2. The van der Waals surface area contributed by atoms with Crippen molar-refractivity contribution >= 4 is 17.7 Å². The summed E-state index contributed by atoms with van der Waals surface area (Å²) in [5.74, 6) is -0.175. The number of carbonyl (C=O) groups excluding carboxylic acids is 2. The number of esters is 1. The number of hydrogen-bond donors (Lipinski definition) is 3. The number of rotatable bonds is 3.